The van der Waals surface area contributed by atoms with Crippen LogP contribution >= 0.6 is 15.9 Å². The highest BCUT2D eigenvalue weighted by atomic mass is 79.9. The van der Waals surface area contributed by atoms with Crippen molar-refractivity contribution >= 4 is 21.8 Å². The van der Waals surface area contributed by atoms with E-state index in [0.29, 0.717) is 5.84 Å². The van der Waals surface area contributed by atoms with Gasteiger partial charge in [0.25, 0.3) is 0 Å². The average molecular weight is 395 g/mol. The van der Waals surface area contributed by atoms with Gasteiger partial charge in [-0.2, -0.15) is 0 Å². The molecule has 0 atom stereocenters. The van der Waals surface area contributed by atoms with E-state index in [2.05, 4.69) is 28.2 Å². The van der Waals surface area contributed by atoms with Gasteiger partial charge in [0.2, 0.25) is 0 Å². The molecule has 0 fully saturated rings. The third-order valence-corrected chi connectivity index (χ3v) is 4.99. The molecule has 0 saturated carbocycles. The summed E-state index contributed by atoms with van der Waals surface area (Å²) in [5, 5.41) is 11.2. The summed E-state index contributed by atoms with van der Waals surface area (Å²) in [7, 11) is 0. The third-order valence-electron chi connectivity index (χ3n) is 4.47. The van der Waals surface area contributed by atoms with Crippen LogP contribution in [-0.4, -0.2) is 12.4 Å². The lowest BCUT2D eigenvalue weighted by atomic mass is 10.1. The molecule has 0 aliphatic carbocycles. The maximum atomic E-state index is 8.03. The van der Waals surface area contributed by atoms with E-state index in [9.17, 15) is 0 Å². The van der Waals surface area contributed by atoms with Crippen molar-refractivity contribution < 1.29 is 0 Å². The van der Waals surface area contributed by atoms with Crippen LogP contribution in [0.5, 0.6) is 0 Å². The smallest absolute Gasteiger partial charge is 0.125 e. The summed E-state index contributed by atoms with van der Waals surface area (Å²) in [6, 6.07) is 7.91. The molecule has 0 aliphatic heterocycles. The molecule has 2 N–H and O–H groups in total. The number of halogens is 1. The van der Waals surface area contributed by atoms with Crippen LogP contribution in [-0.2, 0) is 0 Å². The highest BCUT2D eigenvalue weighted by Crippen LogP contribution is 2.12. The second kappa shape index (κ2) is 14.5. The molecule has 1 aromatic rings. The number of hydrogen-bond acceptors (Lipinski definition) is 1. The third kappa shape index (κ3) is 10.9. The largest absolute Gasteiger partial charge is 0.370 e. The predicted octanol–water partition coefficient (Wildman–Crippen LogP) is 7.07. The van der Waals surface area contributed by atoms with Gasteiger partial charge in [-0.05, 0) is 18.6 Å². The zero-order valence-electron chi connectivity index (χ0n) is 15.4. The molecule has 0 bridgehead atoms. The lowest BCUT2D eigenvalue weighted by Gasteiger charge is -2.08. The second-order valence-corrected chi connectivity index (χ2v) is 7.61. The molecular weight excluding hydrogens is 360 g/mol. The summed E-state index contributed by atoms with van der Waals surface area (Å²) >= 11 is 3.42. The maximum absolute atomic E-state index is 8.03. The molecule has 0 radical (unpaired) electrons. The highest BCUT2D eigenvalue weighted by molar-refractivity contribution is 9.10. The molecule has 2 nitrogen and oxygen atoms in total. The van der Waals surface area contributed by atoms with Gasteiger partial charge in [0, 0.05) is 16.6 Å². The van der Waals surface area contributed by atoms with Crippen molar-refractivity contribution in [3.8, 4) is 0 Å². The highest BCUT2D eigenvalue weighted by Gasteiger charge is 2.00. The van der Waals surface area contributed by atoms with Crippen LogP contribution in [0.2, 0.25) is 0 Å². The minimum Gasteiger partial charge on any atom is -0.370 e. The molecule has 136 valence electrons. The maximum Gasteiger partial charge on any atom is 0.125 e. The molecule has 0 amide bonds. The Labute approximate surface area is 157 Å². The zero-order valence-corrected chi connectivity index (χ0v) is 17.0. The van der Waals surface area contributed by atoms with Crippen LogP contribution in [0.3, 0.4) is 0 Å². The number of benzene rings is 1. The average Bonchev–Trinajstić information content (AvgIpc) is 2.59. The summed E-state index contributed by atoms with van der Waals surface area (Å²) in [5.41, 5.74) is 0.956. The van der Waals surface area contributed by atoms with Crippen LogP contribution in [0.1, 0.15) is 89.5 Å². The Balaban J connectivity index is 1.87. The number of unbranched alkanes of at least 4 members (excludes halogenated alkanes) is 11. The van der Waals surface area contributed by atoms with Crippen molar-refractivity contribution in [1.29, 1.82) is 5.41 Å². The number of rotatable bonds is 14. The standard InChI is InChI=1S/C21H35BrN2/c1-2-3-4-5-6-7-8-9-10-11-12-13-18-24-21(23)19-14-16-20(22)17-15-19/h14-17H,2-13,18H2,1H3,(H2,23,24). The number of amidine groups is 1. The summed E-state index contributed by atoms with van der Waals surface area (Å²) in [6.07, 6.45) is 16.4. The van der Waals surface area contributed by atoms with Crippen molar-refractivity contribution in [2.24, 2.45) is 0 Å². The summed E-state index contributed by atoms with van der Waals surface area (Å²) in [6.45, 7) is 3.19. The van der Waals surface area contributed by atoms with Crippen LogP contribution < -0.4 is 5.32 Å². The first kappa shape index (κ1) is 21.2. The SMILES string of the molecule is CCCCCCCCCCCCCCNC(=N)c1ccc(Br)cc1. The Hall–Kier alpha value is -0.830. The van der Waals surface area contributed by atoms with Gasteiger partial charge in [-0.15, -0.1) is 0 Å². The minimum atomic E-state index is 0.533. The Kier molecular flexibility index (Phi) is 12.8. The van der Waals surface area contributed by atoms with E-state index in [1.54, 1.807) is 0 Å². The fourth-order valence-electron chi connectivity index (χ4n) is 2.90. The zero-order chi connectivity index (χ0) is 17.5. The van der Waals surface area contributed by atoms with Crippen LogP contribution in [0.4, 0.5) is 0 Å². The van der Waals surface area contributed by atoms with Gasteiger partial charge in [0.15, 0.2) is 0 Å². The summed E-state index contributed by atoms with van der Waals surface area (Å²) in [5.74, 6) is 0.533. The second-order valence-electron chi connectivity index (χ2n) is 6.70. The van der Waals surface area contributed by atoms with Gasteiger partial charge in [-0.1, -0.05) is 106 Å². The van der Waals surface area contributed by atoms with Crippen molar-refractivity contribution in [1.82, 2.24) is 5.32 Å². The van der Waals surface area contributed by atoms with Crippen LogP contribution in [0, 0.1) is 5.41 Å². The van der Waals surface area contributed by atoms with Crippen LogP contribution in [0.25, 0.3) is 0 Å². The Bertz CT molecular complexity index is 428. The number of hydrogen-bond donors (Lipinski definition) is 2. The van der Waals surface area contributed by atoms with Crippen LogP contribution in [0.15, 0.2) is 28.7 Å². The first-order valence-corrected chi connectivity index (χ1v) is 10.6. The molecule has 3 heteroatoms. The molecule has 0 aromatic heterocycles. The predicted molar refractivity (Wildman–Crippen MR) is 110 cm³/mol. The van der Waals surface area contributed by atoms with E-state index in [4.69, 9.17) is 5.41 Å². The molecule has 24 heavy (non-hydrogen) atoms. The van der Waals surface area contributed by atoms with Crippen molar-refractivity contribution in [3.63, 3.8) is 0 Å². The fraction of sp³-hybridized carbons (Fsp3) is 0.667. The Morgan fingerprint density at radius 1 is 0.792 bits per heavy atom. The number of nitrogens with one attached hydrogen (secondary N) is 2. The first-order valence-electron chi connectivity index (χ1n) is 9.82. The van der Waals surface area contributed by atoms with Gasteiger partial charge in [0.1, 0.15) is 5.84 Å². The lowest BCUT2D eigenvalue weighted by molar-refractivity contribution is 0.543. The van der Waals surface area contributed by atoms with E-state index in [1.165, 1.54) is 70.6 Å². The molecule has 0 spiro atoms. The van der Waals surface area contributed by atoms with E-state index in [0.717, 1.165) is 23.0 Å². The quantitative estimate of drug-likeness (QED) is 0.197. The van der Waals surface area contributed by atoms with Gasteiger partial charge in [-0.3, -0.25) is 5.41 Å². The van der Waals surface area contributed by atoms with Crippen molar-refractivity contribution in [3.05, 3.63) is 34.3 Å². The first-order chi connectivity index (χ1) is 11.7. The molecule has 0 saturated heterocycles. The Morgan fingerprint density at radius 3 is 1.75 bits per heavy atom. The van der Waals surface area contributed by atoms with E-state index >= 15 is 0 Å². The molecule has 1 aromatic carbocycles. The molecule has 0 heterocycles. The molecular formula is C21H35BrN2. The van der Waals surface area contributed by atoms with Crippen molar-refractivity contribution in [2.45, 2.75) is 84.0 Å². The van der Waals surface area contributed by atoms with Gasteiger partial charge < -0.3 is 5.32 Å². The normalized spacial score (nSPS) is 10.8. The monoisotopic (exact) mass is 394 g/mol. The topological polar surface area (TPSA) is 35.9 Å². The van der Waals surface area contributed by atoms with Gasteiger partial charge in [0.05, 0.1) is 0 Å². The fourth-order valence-corrected chi connectivity index (χ4v) is 3.16. The Morgan fingerprint density at radius 2 is 1.25 bits per heavy atom. The lowest BCUT2D eigenvalue weighted by Crippen LogP contribution is -2.24. The van der Waals surface area contributed by atoms with E-state index in [-0.39, 0.29) is 0 Å². The van der Waals surface area contributed by atoms with E-state index < -0.39 is 0 Å². The van der Waals surface area contributed by atoms with Crippen molar-refractivity contribution in [2.75, 3.05) is 6.54 Å². The molecule has 0 unspecified atom stereocenters. The van der Waals surface area contributed by atoms with E-state index in [1.807, 2.05) is 24.3 Å². The van der Waals surface area contributed by atoms with Gasteiger partial charge >= 0.3 is 0 Å². The molecule has 1 rings (SSSR count). The minimum absolute atomic E-state index is 0.533. The summed E-state index contributed by atoms with van der Waals surface area (Å²) in [4.78, 5) is 0. The molecule has 0 aliphatic rings. The summed E-state index contributed by atoms with van der Waals surface area (Å²) < 4.78 is 1.06. The van der Waals surface area contributed by atoms with Gasteiger partial charge in [-0.25, -0.2) is 0 Å².